The van der Waals surface area contributed by atoms with E-state index in [4.69, 9.17) is 9.47 Å². The van der Waals surface area contributed by atoms with E-state index in [0.717, 1.165) is 38.5 Å². The van der Waals surface area contributed by atoms with Crippen molar-refractivity contribution in [1.82, 2.24) is 10.2 Å². The van der Waals surface area contributed by atoms with Gasteiger partial charge in [-0.2, -0.15) is 0 Å². The molecule has 19 heavy (non-hydrogen) atoms. The monoisotopic (exact) mass is 268 g/mol. The zero-order valence-electron chi connectivity index (χ0n) is 12.4. The highest BCUT2D eigenvalue weighted by molar-refractivity contribution is 4.97. The van der Waals surface area contributed by atoms with Crippen LogP contribution < -0.4 is 5.32 Å². The fourth-order valence-corrected chi connectivity index (χ4v) is 4.04. The lowest BCUT2D eigenvalue weighted by molar-refractivity contribution is -0.192. The summed E-state index contributed by atoms with van der Waals surface area (Å²) in [6.45, 7) is 9.65. The van der Waals surface area contributed by atoms with Crippen molar-refractivity contribution in [1.29, 1.82) is 0 Å². The van der Waals surface area contributed by atoms with Crippen molar-refractivity contribution in [2.24, 2.45) is 5.92 Å². The number of ether oxygens (including phenoxy) is 2. The molecule has 0 aromatic carbocycles. The maximum atomic E-state index is 5.95. The molecule has 3 rings (SSSR count). The minimum Gasteiger partial charge on any atom is -0.347 e. The molecule has 2 heterocycles. The molecule has 4 heteroatoms. The summed E-state index contributed by atoms with van der Waals surface area (Å²) < 4.78 is 11.9. The molecule has 3 aliphatic rings. The maximum Gasteiger partial charge on any atom is 0.170 e. The van der Waals surface area contributed by atoms with Crippen LogP contribution in [0.5, 0.6) is 0 Å². The molecule has 1 saturated carbocycles. The molecule has 3 fully saturated rings. The first kappa shape index (κ1) is 13.8. The van der Waals surface area contributed by atoms with E-state index in [2.05, 4.69) is 24.1 Å². The lowest BCUT2D eigenvalue weighted by Crippen LogP contribution is -2.57. The third kappa shape index (κ3) is 2.82. The minimum atomic E-state index is -0.261. The second kappa shape index (κ2) is 5.68. The van der Waals surface area contributed by atoms with E-state index in [1.165, 1.54) is 25.9 Å². The first-order valence-electron chi connectivity index (χ1n) is 7.98. The highest BCUT2D eigenvalue weighted by atomic mass is 16.7. The van der Waals surface area contributed by atoms with Crippen molar-refractivity contribution in [2.75, 3.05) is 32.8 Å². The van der Waals surface area contributed by atoms with Gasteiger partial charge in [-0.05, 0) is 31.8 Å². The lowest BCUT2D eigenvalue weighted by atomic mass is 9.84. The highest BCUT2D eigenvalue weighted by Gasteiger charge is 2.47. The van der Waals surface area contributed by atoms with Gasteiger partial charge in [-0.3, -0.25) is 4.90 Å². The van der Waals surface area contributed by atoms with Crippen LogP contribution in [0, 0.1) is 5.92 Å². The van der Waals surface area contributed by atoms with Crippen LogP contribution in [-0.4, -0.2) is 55.6 Å². The lowest BCUT2D eigenvalue weighted by Gasteiger charge is -2.45. The number of nitrogens with zero attached hydrogens (tertiary/aromatic N) is 1. The molecular weight excluding hydrogens is 240 g/mol. The Labute approximate surface area is 116 Å². The molecule has 110 valence electrons. The van der Waals surface area contributed by atoms with Crippen LogP contribution in [-0.2, 0) is 9.47 Å². The van der Waals surface area contributed by atoms with Crippen LogP contribution in [0.15, 0.2) is 0 Å². The van der Waals surface area contributed by atoms with Crippen molar-refractivity contribution in [3.63, 3.8) is 0 Å². The second-order valence-electron chi connectivity index (χ2n) is 6.47. The van der Waals surface area contributed by atoms with Gasteiger partial charge in [-0.25, -0.2) is 0 Å². The van der Waals surface area contributed by atoms with Crippen molar-refractivity contribution < 1.29 is 9.47 Å². The predicted molar refractivity (Wildman–Crippen MR) is 75.1 cm³/mol. The number of likely N-dealkylation sites (tertiary alicyclic amines) is 1. The summed E-state index contributed by atoms with van der Waals surface area (Å²) in [6, 6.07) is 1.19. The topological polar surface area (TPSA) is 33.7 Å². The zero-order chi connectivity index (χ0) is 13.3. The summed E-state index contributed by atoms with van der Waals surface area (Å²) in [6.07, 6.45) is 4.59. The van der Waals surface area contributed by atoms with Crippen LogP contribution in [0.4, 0.5) is 0 Å². The van der Waals surface area contributed by atoms with Gasteiger partial charge in [0.05, 0.1) is 13.2 Å². The molecule has 3 atom stereocenters. The van der Waals surface area contributed by atoms with E-state index in [1.54, 1.807) is 0 Å². The van der Waals surface area contributed by atoms with Crippen LogP contribution in [0.2, 0.25) is 0 Å². The zero-order valence-corrected chi connectivity index (χ0v) is 12.4. The highest BCUT2D eigenvalue weighted by Crippen LogP contribution is 2.39. The quantitative estimate of drug-likeness (QED) is 0.843. The Bertz CT molecular complexity index is 301. The predicted octanol–water partition coefficient (Wildman–Crippen LogP) is 1.60. The van der Waals surface area contributed by atoms with Gasteiger partial charge in [0.25, 0.3) is 0 Å². The molecule has 2 aliphatic heterocycles. The molecule has 0 aromatic rings. The molecule has 0 bridgehead atoms. The molecule has 0 amide bonds. The van der Waals surface area contributed by atoms with Gasteiger partial charge in [-0.15, -0.1) is 0 Å². The average Bonchev–Trinajstić information content (AvgIpc) is 3.02. The summed E-state index contributed by atoms with van der Waals surface area (Å²) in [4.78, 5) is 2.67. The number of hydrogen-bond donors (Lipinski definition) is 1. The number of nitrogens with one attached hydrogen (secondary N) is 1. The first-order chi connectivity index (χ1) is 9.22. The molecule has 1 spiro atoms. The van der Waals surface area contributed by atoms with Gasteiger partial charge in [0.1, 0.15) is 0 Å². The van der Waals surface area contributed by atoms with Gasteiger partial charge in [0.15, 0.2) is 5.79 Å². The average molecular weight is 268 g/mol. The Morgan fingerprint density at radius 1 is 1.26 bits per heavy atom. The van der Waals surface area contributed by atoms with Gasteiger partial charge in [-0.1, -0.05) is 13.8 Å². The largest absolute Gasteiger partial charge is 0.347 e. The Balaban J connectivity index is 1.70. The number of likely N-dealkylation sites (N-methyl/N-ethyl adjacent to an activating group) is 1. The van der Waals surface area contributed by atoms with Crippen molar-refractivity contribution >= 4 is 0 Å². The smallest absolute Gasteiger partial charge is 0.170 e. The van der Waals surface area contributed by atoms with E-state index in [0.29, 0.717) is 12.1 Å². The van der Waals surface area contributed by atoms with Crippen LogP contribution in [0.25, 0.3) is 0 Å². The molecule has 4 nitrogen and oxygen atoms in total. The first-order valence-corrected chi connectivity index (χ1v) is 7.98. The van der Waals surface area contributed by atoms with Crippen molar-refractivity contribution in [3.8, 4) is 0 Å². The normalized spacial score (nSPS) is 39.2. The second-order valence-corrected chi connectivity index (χ2v) is 6.47. The Hall–Kier alpha value is -0.160. The van der Waals surface area contributed by atoms with Gasteiger partial charge in [0, 0.05) is 31.5 Å². The summed E-state index contributed by atoms with van der Waals surface area (Å²) >= 11 is 0. The molecule has 1 aliphatic carbocycles. The van der Waals surface area contributed by atoms with E-state index >= 15 is 0 Å². The number of rotatable bonds is 3. The van der Waals surface area contributed by atoms with Gasteiger partial charge in [0.2, 0.25) is 0 Å². The molecule has 1 N–H and O–H groups in total. The summed E-state index contributed by atoms with van der Waals surface area (Å²) in [5, 5.41) is 3.68. The molecule has 3 unspecified atom stereocenters. The number of hydrogen-bond acceptors (Lipinski definition) is 4. The van der Waals surface area contributed by atoms with Crippen LogP contribution >= 0.6 is 0 Å². The van der Waals surface area contributed by atoms with E-state index < -0.39 is 0 Å². The molecular formula is C15H28N2O2. The third-order valence-corrected chi connectivity index (χ3v) is 5.03. The molecule has 0 aromatic heterocycles. The Morgan fingerprint density at radius 2 is 2.05 bits per heavy atom. The summed E-state index contributed by atoms with van der Waals surface area (Å²) in [5.74, 6) is 0.577. The maximum absolute atomic E-state index is 5.95. The fourth-order valence-electron chi connectivity index (χ4n) is 4.04. The van der Waals surface area contributed by atoms with Crippen molar-refractivity contribution in [3.05, 3.63) is 0 Å². The van der Waals surface area contributed by atoms with E-state index in [9.17, 15) is 0 Å². The molecule has 0 radical (unpaired) electrons. The summed E-state index contributed by atoms with van der Waals surface area (Å²) in [7, 11) is 0. The van der Waals surface area contributed by atoms with E-state index in [-0.39, 0.29) is 5.79 Å². The van der Waals surface area contributed by atoms with Gasteiger partial charge < -0.3 is 14.8 Å². The standard InChI is InChI=1S/C15H28N2O2/c1-3-16-13-4-6-15(18-8-9-19-15)10-14(13)17-7-5-12(2)11-17/h12-14,16H,3-11H2,1-2H3. The fraction of sp³-hybridized carbons (Fsp3) is 1.00. The van der Waals surface area contributed by atoms with Crippen LogP contribution in [0.1, 0.15) is 39.5 Å². The minimum absolute atomic E-state index is 0.261. The van der Waals surface area contributed by atoms with Crippen molar-refractivity contribution in [2.45, 2.75) is 57.4 Å². The Morgan fingerprint density at radius 3 is 2.68 bits per heavy atom. The third-order valence-electron chi connectivity index (χ3n) is 5.03. The van der Waals surface area contributed by atoms with E-state index in [1.807, 2.05) is 0 Å². The summed E-state index contributed by atoms with van der Waals surface area (Å²) in [5.41, 5.74) is 0. The SMILES string of the molecule is CCNC1CCC2(CC1N1CCC(C)C1)OCCO2. The van der Waals surface area contributed by atoms with Crippen LogP contribution in [0.3, 0.4) is 0 Å². The Kier molecular flexibility index (Phi) is 4.13. The molecule has 2 saturated heterocycles. The van der Waals surface area contributed by atoms with Gasteiger partial charge >= 0.3 is 0 Å².